The predicted octanol–water partition coefficient (Wildman–Crippen LogP) is 6.63. The largest absolute Gasteiger partial charge is 0.491 e. The van der Waals surface area contributed by atoms with Crippen molar-refractivity contribution in [1.29, 1.82) is 0 Å². The topological polar surface area (TPSA) is 61.8 Å². The number of carbonyl (C=O) groups excluding carboxylic acids is 2. The molecule has 0 amide bonds. The molecular formula is C29H23ClO5. The number of esters is 1. The summed E-state index contributed by atoms with van der Waals surface area (Å²) in [6, 6.07) is 29.5. The van der Waals surface area contributed by atoms with E-state index in [1.807, 2.05) is 72.8 Å². The van der Waals surface area contributed by atoms with Gasteiger partial charge in [-0.3, -0.25) is 4.79 Å². The van der Waals surface area contributed by atoms with Gasteiger partial charge in [0.15, 0.2) is 23.9 Å². The molecule has 0 saturated heterocycles. The highest BCUT2D eigenvalue weighted by atomic mass is 35.5. The van der Waals surface area contributed by atoms with Crippen molar-refractivity contribution >= 4 is 23.4 Å². The fourth-order valence-electron chi connectivity index (χ4n) is 3.50. The zero-order valence-corrected chi connectivity index (χ0v) is 19.8. The molecule has 0 saturated carbocycles. The van der Waals surface area contributed by atoms with Gasteiger partial charge in [-0.2, -0.15) is 0 Å². The molecule has 4 aromatic rings. The number of hydrogen-bond acceptors (Lipinski definition) is 5. The molecule has 6 heteroatoms. The minimum Gasteiger partial charge on any atom is -0.491 e. The van der Waals surface area contributed by atoms with Crippen LogP contribution in [-0.2, 0) is 11.3 Å². The Hall–Kier alpha value is -4.09. The molecule has 0 spiro atoms. The summed E-state index contributed by atoms with van der Waals surface area (Å²) in [7, 11) is 1.47. The van der Waals surface area contributed by atoms with Crippen LogP contribution in [0.1, 0.15) is 26.3 Å². The molecule has 0 aromatic heterocycles. The number of ketones is 1. The third-order valence-electron chi connectivity index (χ3n) is 5.33. The van der Waals surface area contributed by atoms with Crippen LogP contribution in [-0.4, -0.2) is 25.5 Å². The third kappa shape index (κ3) is 6.08. The van der Waals surface area contributed by atoms with E-state index in [-0.39, 0.29) is 23.0 Å². The molecule has 0 N–H and O–H groups in total. The number of Topliss-reactive ketones (excluding diaryl/α,β-unsaturated/α-hetero) is 1. The number of carbonyl (C=O) groups is 2. The van der Waals surface area contributed by atoms with Crippen LogP contribution < -0.4 is 9.47 Å². The van der Waals surface area contributed by atoms with Crippen LogP contribution >= 0.6 is 11.6 Å². The molecule has 5 nitrogen and oxygen atoms in total. The standard InChI is InChI=1S/C29H23ClO5/c1-33-28-25(30)16-24(17-27(28)34-18-20-8-4-2-5-9-20)29(32)35-19-26(31)23-14-12-22(13-15-23)21-10-6-3-7-11-21/h2-17H,18-19H2,1H3. The molecule has 0 aliphatic heterocycles. The maximum atomic E-state index is 12.7. The van der Waals surface area contributed by atoms with E-state index in [9.17, 15) is 9.59 Å². The Balaban J connectivity index is 1.41. The van der Waals surface area contributed by atoms with Gasteiger partial charge in [0.1, 0.15) is 6.61 Å². The molecule has 0 heterocycles. The number of ether oxygens (including phenoxy) is 3. The van der Waals surface area contributed by atoms with Crippen molar-refractivity contribution in [2.75, 3.05) is 13.7 Å². The first-order chi connectivity index (χ1) is 17.0. The lowest BCUT2D eigenvalue weighted by Crippen LogP contribution is -2.14. The minimum atomic E-state index is -0.687. The van der Waals surface area contributed by atoms with E-state index in [4.69, 9.17) is 25.8 Å². The maximum Gasteiger partial charge on any atom is 0.338 e. The van der Waals surface area contributed by atoms with Gasteiger partial charge in [-0.15, -0.1) is 0 Å². The van der Waals surface area contributed by atoms with Gasteiger partial charge in [0.05, 0.1) is 17.7 Å². The second-order valence-electron chi connectivity index (χ2n) is 7.71. The number of hydrogen-bond donors (Lipinski definition) is 0. The summed E-state index contributed by atoms with van der Waals surface area (Å²) >= 11 is 6.30. The molecule has 0 radical (unpaired) electrons. The lowest BCUT2D eigenvalue weighted by Gasteiger charge is -2.14. The number of benzene rings is 4. The average molecular weight is 487 g/mol. The first kappa shape index (κ1) is 24.0. The van der Waals surface area contributed by atoms with Gasteiger partial charge in [-0.1, -0.05) is 96.5 Å². The molecule has 4 aromatic carbocycles. The van der Waals surface area contributed by atoms with Gasteiger partial charge >= 0.3 is 5.97 Å². The van der Waals surface area contributed by atoms with Crippen molar-refractivity contribution in [2.24, 2.45) is 0 Å². The van der Waals surface area contributed by atoms with Crippen molar-refractivity contribution in [3.63, 3.8) is 0 Å². The molecule has 0 unspecified atom stereocenters. The second kappa shape index (κ2) is 11.4. The SMILES string of the molecule is COc1c(Cl)cc(C(=O)OCC(=O)c2ccc(-c3ccccc3)cc2)cc1OCc1ccccc1. The van der Waals surface area contributed by atoms with Gasteiger partial charge in [-0.25, -0.2) is 4.79 Å². The molecule has 0 atom stereocenters. The van der Waals surface area contributed by atoms with Crippen molar-refractivity contribution < 1.29 is 23.8 Å². The monoisotopic (exact) mass is 486 g/mol. The Kier molecular flexibility index (Phi) is 7.81. The lowest BCUT2D eigenvalue weighted by molar-refractivity contribution is 0.0474. The van der Waals surface area contributed by atoms with Gasteiger partial charge < -0.3 is 14.2 Å². The van der Waals surface area contributed by atoms with Crippen molar-refractivity contribution in [2.45, 2.75) is 6.61 Å². The summed E-state index contributed by atoms with van der Waals surface area (Å²) in [5, 5.41) is 0.202. The van der Waals surface area contributed by atoms with E-state index < -0.39 is 12.6 Å². The van der Waals surface area contributed by atoms with Crippen molar-refractivity contribution in [3.8, 4) is 22.6 Å². The lowest BCUT2D eigenvalue weighted by atomic mass is 10.0. The van der Waals surface area contributed by atoms with Crippen LogP contribution in [0.2, 0.25) is 5.02 Å². The quantitative estimate of drug-likeness (QED) is 0.196. The van der Waals surface area contributed by atoms with Gasteiger partial charge in [0.2, 0.25) is 0 Å². The Morgan fingerprint density at radius 2 is 1.40 bits per heavy atom. The molecular weight excluding hydrogens is 464 g/mol. The third-order valence-corrected chi connectivity index (χ3v) is 5.62. The van der Waals surface area contributed by atoms with Crippen LogP contribution in [0.25, 0.3) is 11.1 Å². The number of methoxy groups -OCH3 is 1. The molecule has 0 fully saturated rings. The second-order valence-corrected chi connectivity index (χ2v) is 8.11. The van der Waals surface area contributed by atoms with Gasteiger partial charge in [-0.05, 0) is 28.8 Å². The molecule has 0 bridgehead atoms. The molecule has 4 rings (SSSR count). The van der Waals surface area contributed by atoms with E-state index >= 15 is 0 Å². The smallest absolute Gasteiger partial charge is 0.338 e. The minimum absolute atomic E-state index is 0.158. The highest BCUT2D eigenvalue weighted by Gasteiger charge is 2.18. The fraction of sp³-hybridized carbons (Fsp3) is 0.103. The summed E-state index contributed by atoms with van der Waals surface area (Å²) in [5.74, 6) is -0.376. The van der Waals surface area contributed by atoms with E-state index in [1.165, 1.54) is 19.2 Å². The first-order valence-corrected chi connectivity index (χ1v) is 11.3. The summed E-state index contributed by atoms with van der Waals surface area (Å²) in [6.45, 7) is -0.128. The Morgan fingerprint density at radius 3 is 2.06 bits per heavy atom. The molecule has 0 aliphatic carbocycles. The number of rotatable bonds is 9. The molecule has 176 valence electrons. The summed E-state index contributed by atoms with van der Waals surface area (Å²) in [4.78, 5) is 25.2. The van der Waals surface area contributed by atoms with Gasteiger partial charge in [0, 0.05) is 5.56 Å². The molecule has 35 heavy (non-hydrogen) atoms. The zero-order valence-electron chi connectivity index (χ0n) is 19.1. The average Bonchev–Trinajstić information content (AvgIpc) is 2.91. The predicted molar refractivity (Wildman–Crippen MR) is 135 cm³/mol. The van der Waals surface area contributed by atoms with Crippen LogP contribution in [0.5, 0.6) is 11.5 Å². The van der Waals surface area contributed by atoms with E-state index in [1.54, 1.807) is 12.1 Å². The fourth-order valence-corrected chi connectivity index (χ4v) is 3.79. The first-order valence-electron chi connectivity index (χ1n) is 10.9. The maximum absolute atomic E-state index is 12.7. The highest BCUT2D eigenvalue weighted by molar-refractivity contribution is 6.32. The van der Waals surface area contributed by atoms with Gasteiger partial charge in [0.25, 0.3) is 0 Å². The van der Waals surface area contributed by atoms with Crippen LogP contribution in [0.4, 0.5) is 0 Å². The van der Waals surface area contributed by atoms with Crippen molar-refractivity contribution in [3.05, 3.63) is 119 Å². The summed E-state index contributed by atoms with van der Waals surface area (Å²) < 4.78 is 16.4. The Bertz CT molecular complexity index is 1300. The Labute approximate surface area is 208 Å². The van der Waals surface area contributed by atoms with Crippen LogP contribution in [0.15, 0.2) is 97.1 Å². The number of halogens is 1. The van der Waals surface area contributed by atoms with E-state index in [0.717, 1.165) is 16.7 Å². The molecule has 0 aliphatic rings. The van der Waals surface area contributed by atoms with Crippen molar-refractivity contribution in [1.82, 2.24) is 0 Å². The summed E-state index contributed by atoms with van der Waals surface area (Å²) in [6.07, 6.45) is 0. The Morgan fingerprint density at radius 1 is 0.771 bits per heavy atom. The normalized spacial score (nSPS) is 10.5. The van der Waals surface area contributed by atoms with Crippen LogP contribution in [0.3, 0.4) is 0 Å². The summed E-state index contributed by atoms with van der Waals surface area (Å²) in [5.41, 5.74) is 3.61. The van der Waals surface area contributed by atoms with Crippen LogP contribution in [0, 0.1) is 0 Å². The van der Waals surface area contributed by atoms with E-state index in [2.05, 4.69) is 0 Å². The highest BCUT2D eigenvalue weighted by Crippen LogP contribution is 2.37. The zero-order chi connectivity index (χ0) is 24.6. The van der Waals surface area contributed by atoms with E-state index in [0.29, 0.717) is 17.1 Å².